The molecule has 2 fully saturated rings. The highest BCUT2D eigenvalue weighted by Crippen LogP contribution is 2.22. The SMILES string of the molecule is O=C1N[C@@H](c2ncccc2CO[C@H]2CCCCO2)CO1. The van der Waals surface area contributed by atoms with Crippen molar-refractivity contribution in [3.63, 3.8) is 0 Å². The van der Waals surface area contributed by atoms with Crippen LogP contribution in [0.5, 0.6) is 0 Å². The smallest absolute Gasteiger partial charge is 0.407 e. The van der Waals surface area contributed by atoms with Crippen molar-refractivity contribution in [2.24, 2.45) is 0 Å². The molecule has 2 atom stereocenters. The van der Waals surface area contributed by atoms with E-state index in [1.165, 1.54) is 0 Å². The third kappa shape index (κ3) is 3.08. The quantitative estimate of drug-likeness (QED) is 0.911. The van der Waals surface area contributed by atoms with Crippen molar-refractivity contribution in [2.75, 3.05) is 13.2 Å². The summed E-state index contributed by atoms with van der Waals surface area (Å²) in [5, 5.41) is 2.74. The zero-order chi connectivity index (χ0) is 13.8. The molecule has 2 aliphatic heterocycles. The molecule has 20 heavy (non-hydrogen) atoms. The van der Waals surface area contributed by atoms with Gasteiger partial charge in [0.15, 0.2) is 6.29 Å². The van der Waals surface area contributed by atoms with Gasteiger partial charge in [-0.25, -0.2) is 4.79 Å². The molecule has 2 aliphatic rings. The molecule has 0 aliphatic carbocycles. The van der Waals surface area contributed by atoms with E-state index < -0.39 is 6.09 Å². The van der Waals surface area contributed by atoms with Crippen LogP contribution in [-0.2, 0) is 20.8 Å². The van der Waals surface area contributed by atoms with Crippen LogP contribution in [-0.4, -0.2) is 30.6 Å². The van der Waals surface area contributed by atoms with Gasteiger partial charge in [0.25, 0.3) is 0 Å². The molecule has 0 saturated carbocycles. The number of ether oxygens (including phenoxy) is 3. The Labute approximate surface area is 117 Å². The Bertz CT molecular complexity index is 474. The second-order valence-electron chi connectivity index (χ2n) is 4.95. The monoisotopic (exact) mass is 278 g/mol. The number of aromatic nitrogens is 1. The minimum atomic E-state index is -0.400. The number of nitrogens with one attached hydrogen (secondary N) is 1. The van der Waals surface area contributed by atoms with Crippen LogP contribution in [0.3, 0.4) is 0 Å². The molecule has 3 rings (SSSR count). The highest BCUT2D eigenvalue weighted by Gasteiger charge is 2.27. The minimum Gasteiger partial charge on any atom is -0.447 e. The van der Waals surface area contributed by atoms with E-state index in [1.807, 2.05) is 12.1 Å². The largest absolute Gasteiger partial charge is 0.447 e. The van der Waals surface area contributed by atoms with E-state index in [4.69, 9.17) is 14.2 Å². The zero-order valence-electron chi connectivity index (χ0n) is 11.2. The maximum Gasteiger partial charge on any atom is 0.407 e. The molecule has 0 radical (unpaired) electrons. The van der Waals surface area contributed by atoms with Crippen molar-refractivity contribution in [2.45, 2.75) is 38.2 Å². The number of pyridine rings is 1. The summed E-state index contributed by atoms with van der Waals surface area (Å²) < 4.78 is 16.2. The number of cyclic esters (lactones) is 1. The van der Waals surface area contributed by atoms with Crippen LogP contribution < -0.4 is 5.32 Å². The maximum atomic E-state index is 11.1. The molecule has 0 bridgehead atoms. The molecule has 2 saturated heterocycles. The number of nitrogens with zero attached hydrogens (tertiary/aromatic N) is 1. The third-order valence-electron chi connectivity index (χ3n) is 3.49. The van der Waals surface area contributed by atoms with Gasteiger partial charge in [0.1, 0.15) is 12.6 Å². The van der Waals surface area contributed by atoms with E-state index in [1.54, 1.807) is 6.20 Å². The maximum absolute atomic E-state index is 11.1. The molecule has 0 spiro atoms. The molecule has 3 heterocycles. The number of hydrogen-bond donors (Lipinski definition) is 1. The van der Waals surface area contributed by atoms with Gasteiger partial charge in [-0.2, -0.15) is 0 Å². The Balaban J connectivity index is 1.64. The topological polar surface area (TPSA) is 69.7 Å². The van der Waals surface area contributed by atoms with Crippen molar-refractivity contribution < 1.29 is 19.0 Å². The van der Waals surface area contributed by atoms with Gasteiger partial charge < -0.3 is 19.5 Å². The Morgan fingerprint density at radius 2 is 2.40 bits per heavy atom. The fourth-order valence-corrected chi connectivity index (χ4v) is 2.44. The summed E-state index contributed by atoms with van der Waals surface area (Å²) in [5.41, 5.74) is 1.76. The summed E-state index contributed by atoms with van der Waals surface area (Å²) in [5.74, 6) is 0. The minimum absolute atomic E-state index is 0.133. The second-order valence-corrected chi connectivity index (χ2v) is 4.95. The van der Waals surface area contributed by atoms with Crippen LogP contribution in [0.1, 0.15) is 36.6 Å². The molecular weight excluding hydrogens is 260 g/mol. The van der Waals surface area contributed by atoms with Gasteiger partial charge in [-0.1, -0.05) is 6.07 Å². The van der Waals surface area contributed by atoms with Crippen molar-refractivity contribution in [1.82, 2.24) is 10.3 Å². The van der Waals surface area contributed by atoms with E-state index in [0.717, 1.165) is 37.1 Å². The van der Waals surface area contributed by atoms with Gasteiger partial charge in [-0.3, -0.25) is 4.98 Å². The third-order valence-corrected chi connectivity index (χ3v) is 3.49. The van der Waals surface area contributed by atoms with Crippen molar-refractivity contribution in [3.8, 4) is 0 Å². The zero-order valence-corrected chi connectivity index (χ0v) is 11.2. The summed E-state index contributed by atoms with van der Waals surface area (Å²) in [4.78, 5) is 15.5. The molecule has 1 aromatic rings. The van der Waals surface area contributed by atoms with Gasteiger partial charge >= 0.3 is 6.09 Å². The lowest BCUT2D eigenvalue weighted by atomic mass is 10.1. The predicted molar refractivity (Wildman–Crippen MR) is 69.8 cm³/mol. The molecule has 1 aromatic heterocycles. The second kappa shape index (κ2) is 6.19. The Morgan fingerprint density at radius 1 is 1.45 bits per heavy atom. The summed E-state index contributed by atoms with van der Waals surface area (Å²) in [6.07, 6.45) is 4.34. The highest BCUT2D eigenvalue weighted by molar-refractivity contribution is 5.70. The van der Waals surface area contributed by atoms with Gasteiger partial charge in [0.2, 0.25) is 0 Å². The van der Waals surface area contributed by atoms with E-state index in [9.17, 15) is 4.79 Å². The van der Waals surface area contributed by atoms with E-state index >= 15 is 0 Å². The molecule has 6 heteroatoms. The number of carbonyl (C=O) groups excluding carboxylic acids is 1. The lowest BCUT2D eigenvalue weighted by molar-refractivity contribution is -0.169. The number of rotatable bonds is 4. The first-order chi connectivity index (χ1) is 9.83. The summed E-state index contributed by atoms with van der Waals surface area (Å²) >= 11 is 0. The molecule has 0 aromatic carbocycles. The predicted octanol–water partition coefficient (Wildman–Crippen LogP) is 1.91. The van der Waals surface area contributed by atoms with E-state index in [2.05, 4.69) is 10.3 Å². The Hall–Kier alpha value is -1.66. The lowest BCUT2D eigenvalue weighted by Crippen LogP contribution is -2.24. The molecule has 6 nitrogen and oxygen atoms in total. The van der Waals surface area contributed by atoms with Gasteiger partial charge in [0, 0.05) is 18.4 Å². The fourth-order valence-electron chi connectivity index (χ4n) is 2.44. The van der Waals surface area contributed by atoms with E-state index in [-0.39, 0.29) is 12.3 Å². The van der Waals surface area contributed by atoms with Gasteiger partial charge in [-0.05, 0) is 25.3 Å². The first-order valence-corrected chi connectivity index (χ1v) is 6.93. The average Bonchev–Trinajstić information content (AvgIpc) is 2.93. The normalized spacial score (nSPS) is 26.1. The van der Waals surface area contributed by atoms with Crippen LogP contribution in [0.2, 0.25) is 0 Å². The number of hydrogen-bond acceptors (Lipinski definition) is 5. The van der Waals surface area contributed by atoms with Crippen molar-refractivity contribution in [3.05, 3.63) is 29.6 Å². The van der Waals surface area contributed by atoms with E-state index in [0.29, 0.717) is 13.2 Å². The first kappa shape index (κ1) is 13.3. The van der Waals surface area contributed by atoms with Crippen molar-refractivity contribution in [1.29, 1.82) is 0 Å². The molecule has 1 amide bonds. The number of carbonyl (C=O) groups is 1. The first-order valence-electron chi connectivity index (χ1n) is 6.93. The lowest BCUT2D eigenvalue weighted by Gasteiger charge is -2.23. The molecule has 1 N–H and O–H groups in total. The van der Waals surface area contributed by atoms with Crippen LogP contribution >= 0.6 is 0 Å². The number of amides is 1. The van der Waals surface area contributed by atoms with Gasteiger partial charge in [-0.15, -0.1) is 0 Å². The fraction of sp³-hybridized carbons (Fsp3) is 0.571. The van der Waals surface area contributed by atoms with Crippen molar-refractivity contribution >= 4 is 6.09 Å². The summed E-state index contributed by atoms with van der Waals surface area (Å²) in [6.45, 7) is 1.50. The standard InChI is InChI=1S/C14H18N2O4/c17-14-16-11(9-20-14)13-10(4-3-6-15-13)8-19-12-5-1-2-7-18-12/h3-4,6,11-12H,1-2,5,7-9H2,(H,16,17)/t11-,12+/m1/s1. The van der Waals surface area contributed by atoms with Gasteiger partial charge in [0.05, 0.1) is 12.3 Å². The summed E-state index contributed by atoms with van der Waals surface area (Å²) in [7, 11) is 0. The number of alkyl carbamates (subject to hydrolysis) is 1. The summed E-state index contributed by atoms with van der Waals surface area (Å²) in [6, 6.07) is 3.62. The molecular formula is C14H18N2O4. The van der Waals surface area contributed by atoms with Crippen LogP contribution in [0.4, 0.5) is 4.79 Å². The Kier molecular flexibility index (Phi) is 4.13. The highest BCUT2D eigenvalue weighted by atomic mass is 16.7. The van der Waals surface area contributed by atoms with Crippen LogP contribution in [0, 0.1) is 0 Å². The molecule has 0 unspecified atom stereocenters. The van der Waals surface area contributed by atoms with Crippen LogP contribution in [0.25, 0.3) is 0 Å². The molecule has 108 valence electrons. The van der Waals surface area contributed by atoms with Crippen LogP contribution in [0.15, 0.2) is 18.3 Å². The Morgan fingerprint density at radius 3 is 3.15 bits per heavy atom. The average molecular weight is 278 g/mol.